The molecule has 0 unspecified atom stereocenters. The highest BCUT2D eigenvalue weighted by molar-refractivity contribution is 7.89. The van der Waals surface area contributed by atoms with E-state index in [2.05, 4.69) is 16.6 Å². The van der Waals surface area contributed by atoms with Crippen molar-refractivity contribution in [3.63, 3.8) is 0 Å². The topological polar surface area (TPSA) is 113 Å². The summed E-state index contributed by atoms with van der Waals surface area (Å²) in [5, 5.41) is 11.5. The summed E-state index contributed by atoms with van der Waals surface area (Å²) in [6.07, 6.45) is 2.26. The summed E-state index contributed by atoms with van der Waals surface area (Å²) in [6, 6.07) is 5.39. The Morgan fingerprint density at radius 2 is 1.87 bits per heavy atom. The Hall–Kier alpha value is -2.19. The number of benzene rings is 1. The highest BCUT2D eigenvalue weighted by Crippen LogP contribution is 2.27. The number of hydrogen-bond acceptors (Lipinski definition) is 4. The monoisotopic (exact) mass is 338 g/mol. The minimum absolute atomic E-state index is 0.0606. The van der Waals surface area contributed by atoms with Crippen LogP contribution in [-0.2, 0) is 14.8 Å². The quantitative estimate of drug-likeness (QED) is 0.635. The lowest BCUT2D eigenvalue weighted by atomic mass is 9.80. The van der Waals surface area contributed by atoms with Crippen molar-refractivity contribution in [2.24, 2.45) is 5.92 Å². The van der Waals surface area contributed by atoms with E-state index in [1.165, 1.54) is 30.3 Å². The van der Waals surface area contributed by atoms with Crippen molar-refractivity contribution in [3.05, 3.63) is 42.5 Å². The number of sulfonamides is 1. The molecule has 0 spiro atoms. The zero-order chi connectivity index (χ0) is 17.0. The maximum absolute atomic E-state index is 12.0. The molecule has 3 N–H and O–H groups in total. The lowest BCUT2D eigenvalue weighted by Crippen LogP contribution is -2.46. The number of carbonyl (C=O) groups is 2. The standard InChI is InChI=1S/C15H18N2O5S/c1-2-7-16-23(21,22)13-5-3-10(4-6-13)14(18)17-12-8-11(9-12)15(19)20/h2-6,11-12,16H,1,7-9H2,(H,17,18)(H,19,20). The van der Waals surface area contributed by atoms with Gasteiger partial charge in [-0.3, -0.25) is 9.59 Å². The van der Waals surface area contributed by atoms with E-state index in [0.717, 1.165) is 0 Å². The molecule has 0 heterocycles. The molecule has 1 aromatic carbocycles. The van der Waals surface area contributed by atoms with E-state index in [9.17, 15) is 18.0 Å². The van der Waals surface area contributed by atoms with E-state index < -0.39 is 21.9 Å². The summed E-state index contributed by atoms with van der Waals surface area (Å²) in [5.41, 5.74) is 0.325. The Labute approximate surface area is 134 Å². The van der Waals surface area contributed by atoms with E-state index >= 15 is 0 Å². The number of hydrogen-bond donors (Lipinski definition) is 3. The normalized spacial score (nSPS) is 20.3. The zero-order valence-corrected chi connectivity index (χ0v) is 13.2. The van der Waals surface area contributed by atoms with Crippen molar-refractivity contribution in [2.45, 2.75) is 23.8 Å². The van der Waals surface area contributed by atoms with Crippen molar-refractivity contribution >= 4 is 21.9 Å². The number of amides is 1. The van der Waals surface area contributed by atoms with Gasteiger partial charge in [0.2, 0.25) is 10.0 Å². The van der Waals surface area contributed by atoms with Crippen molar-refractivity contribution in [3.8, 4) is 0 Å². The van der Waals surface area contributed by atoms with Gasteiger partial charge in [-0.15, -0.1) is 6.58 Å². The third-order valence-corrected chi connectivity index (χ3v) is 5.11. The van der Waals surface area contributed by atoms with E-state index in [1.807, 2.05) is 0 Å². The van der Waals surface area contributed by atoms with Gasteiger partial charge in [-0.05, 0) is 37.1 Å². The molecule has 0 bridgehead atoms. The van der Waals surface area contributed by atoms with E-state index in [1.54, 1.807) is 0 Å². The Balaban J connectivity index is 1.96. The molecule has 0 radical (unpaired) electrons. The van der Waals surface area contributed by atoms with Crippen molar-refractivity contribution in [1.29, 1.82) is 0 Å². The van der Waals surface area contributed by atoms with Gasteiger partial charge in [0.25, 0.3) is 5.91 Å². The Bertz CT molecular complexity index is 706. The Morgan fingerprint density at radius 3 is 2.39 bits per heavy atom. The minimum atomic E-state index is -3.62. The van der Waals surface area contributed by atoms with Crippen LogP contribution in [0.25, 0.3) is 0 Å². The smallest absolute Gasteiger partial charge is 0.306 e. The van der Waals surface area contributed by atoms with Crippen LogP contribution >= 0.6 is 0 Å². The number of rotatable bonds is 7. The molecule has 0 atom stereocenters. The van der Waals surface area contributed by atoms with Crippen LogP contribution in [0.1, 0.15) is 23.2 Å². The third-order valence-electron chi connectivity index (χ3n) is 3.67. The first-order valence-electron chi connectivity index (χ1n) is 7.08. The first kappa shape index (κ1) is 17.2. The summed E-state index contributed by atoms with van der Waals surface area (Å²) < 4.78 is 26.1. The molecule has 0 aliphatic heterocycles. The first-order chi connectivity index (χ1) is 10.8. The first-order valence-corrected chi connectivity index (χ1v) is 8.56. The highest BCUT2D eigenvalue weighted by atomic mass is 32.2. The molecule has 0 saturated heterocycles. The number of carboxylic acid groups (broad SMARTS) is 1. The largest absolute Gasteiger partial charge is 0.481 e. The number of nitrogens with one attached hydrogen (secondary N) is 2. The van der Waals surface area contributed by atoms with Gasteiger partial charge in [0.15, 0.2) is 0 Å². The second kappa shape index (κ2) is 6.93. The lowest BCUT2D eigenvalue weighted by Gasteiger charge is -2.32. The average molecular weight is 338 g/mol. The molecular weight excluding hydrogens is 320 g/mol. The van der Waals surface area contributed by atoms with Crippen LogP contribution in [0.15, 0.2) is 41.8 Å². The van der Waals surface area contributed by atoms with E-state index in [4.69, 9.17) is 5.11 Å². The second-order valence-electron chi connectivity index (χ2n) is 5.34. The maximum Gasteiger partial charge on any atom is 0.306 e. The zero-order valence-electron chi connectivity index (χ0n) is 12.4. The number of aliphatic carboxylic acids is 1. The molecule has 7 nitrogen and oxygen atoms in total. The molecule has 124 valence electrons. The van der Waals surface area contributed by atoms with Crippen LogP contribution in [0.4, 0.5) is 0 Å². The summed E-state index contributed by atoms with van der Waals surface area (Å²) in [4.78, 5) is 22.8. The Kier molecular flexibility index (Phi) is 5.17. The van der Waals surface area contributed by atoms with Crippen LogP contribution in [0.2, 0.25) is 0 Å². The fourth-order valence-corrected chi connectivity index (χ4v) is 3.24. The molecule has 1 amide bonds. The lowest BCUT2D eigenvalue weighted by molar-refractivity contribution is -0.145. The van der Waals surface area contributed by atoms with Gasteiger partial charge in [0.05, 0.1) is 10.8 Å². The van der Waals surface area contributed by atoms with Gasteiger partial charge < -0.3 is 10.4 Å². The molecule has 1 saturated carbocycles. The molecule has 1 aromatic rings. The van der Waals surface area contributed by atoms with Gasteiger partial charge >= 0.3 is 5.97 Å². The molecule has 1 fully saturated rings. The fraction of sp³-hybridized carbons (Fsp3) is 0.333. The van der Waals surface area contributed by atoms with Crippen molar-refractivity contribution in [1.82, 2.24) is 10.0 Å². The molecule has 23 heavy (non-hydrogen) atoms. The van der Waals surface area contributed by atoms with Gasteiger partial charge in [0.1, 0.15) is 0 Å². The highest BCUT2D eigenvalue weighted by Gasteiger charge is 2.35. The fourth-order valence-electron chi connectivity index (χ4n) is 2.24. The summed E-state index contributed by atoms with van der Waals surface area (Å²) >= 11 is 0. The molecule has 0 aromatic heterocycles. The van der Waals surface area contributed by atoms with Gasteiger partial charge in [-0.1, -0.05) is 6.08 Å². The second-order valence-corrected chi connectivity index (χ2v) is 7.11. The van der Waals surface area contributed by atoms with Gasteiger partial charge in [0, 0.05) is 18.2 Å². The maximum atomic E-state index is 12.0. The van der Waals surface area contributed by atoms with Crippen LogP contribution in [0.5, 0.6) is 0 Å². The summed E-state index contributed by atoms with van der Waals surface area (Å²) in [6.45, 7) is 3.56. The van der Waals surface area contributed by atoms with Crippen LogP contribution in [0.3, 0.4) is 0 Å². The van der Waals surface area contributed by atoms with E-state index in [-0.39, 0.29) is 23.4 Å². The molecule has 8 heteroatoms. The van der Waals surface area contributed by atoms with Crippen molar-refractivity contribution in [2.75, 3.05) is 6.54 Å². The van der Waals surface area contributed by atoms with E-state index in [0.29, 0.717) is 18.4 Å². The summed E-state index contributed by atoms with van der Waals surface area (Å²) in [5.74, 6) is -1.59. The van der Waals surface area contributed by atoms with Crippen LogP contribution in [0, 0.1) is 5.92 Å². The predicted octanol–water partition coefficient (Wildman–Crippen LogP) is 0.744. The molecular formula is C15H18N2O5S. The predicted molar refractivity (Wildman–Crippen MR) is 83.4 cm³/mol. The van der Waals surface area contributed by atoms with Gasteiger partial charge in [-0.25, -0.2) is 13.1 Å². The van der Waals surface area contributed by atoms with Crippen LogP contribution < -0.4 is 10.0 Å². The SMILES string of the molecule is C=CCNS(=O)(=O)c1ccc(C(=O)NC2CC(C(=O)O)C2)cc1. The third kappa shape index (κ3) is 4.17. The number of carboxylic acids is 1. The minimum Gasteiger partial charge on any atom is -0.481 e. The molecule has 1 aliphatic carbocycles. The Morgan fingerprint density at radius 1 is 1.26 bits per heavy atom. The van der Waals surface area contributed by atoms with Crippen LogP contribution in [-0.4, -0.2) is 38.0 Å². The van der Waals surface area contributed by atoms with Crippen molar-refractivity contribution < 1.29 is 23.1 Å². The number of carbonyl (C=O) groups excluding carboxylic acids is 1. The molecule has 2 rings (SSSR count). The van der Waals surface area contributed by atoms with Gasteiger partial charge in [-0.2, -0.15) is 0 Å². The molecule has 1 aliphatic rings. The summed E-state index contributed by atoms with van der Waals surface area (Å²) in [7, 11) is -3.62. The average Bonchev–Trinajstić information content (AvgIpc) is 2.48.